The Bertz CT molecular complexity index is 1620. The minimum atomic E-state index is -0.572. The van der Waals surface area contributed by atoms with Gasteiger partial charge in [0, 0.05) is 23.7 Å². The number of hydrogen-bond donors (Lipinski definition) is 4. The maximum Gasteiger partial charge on any atom is 0.272 e. The molecule has 2 amide bonds. The number of tetrazole rings is 1. The van der Waals surface area contributed by atoms with E-state index in [9.17, 15) is 9.59 Å². The molecule has 3 aromatic carbocycles. The SMILES string of the molecule is CCCc1cc(C(=O)N[C@@H](CC(=O)NO)Cc2ccccc2)nn1Cc1ccc(-c2ccccc2-c2nn[nH]n2)cc1. The van der Waals surface area contributed by atoms with Crippen LogP contribution in [0.15, 0.2) is 84.9 Å². The first-order chi connectivity index (χ1) is 20.5. The molecule has 214 valence electrons. The summed E-state index contributed by atoms with van der Waals surface area (Å²) in [4.78, 5) is 25.2. The van der Waals surface area contributed by atoms with Gasteiger partial charge in [0.2, 0.25) is 11.7 Å². The van der Waals surface area contributed by atoms with Crippen LogP contribution < -0.4 is 10.8 Å². The minimum absolute atomic E-state index is 0.0676. The van der Waals surface area contributed by atoms with Crippen LogP contribution in [-0.4, -0.2) is 53.5 Å². The van der Waals surface area contributed by atoms with Crippen LogP contribution >= 0.6 is 0 Å². The van der Waals surface area contributed by atoms with Gasteiger partial charge in [0.1, 0.15) is 5.69 Å². The largest absolute Gasteiger partial charge is 0.347 e. The van der Waals surface area contributed by atoms with Gasteiger partial charge in [-0.05, 0) is 46.4 Å². The van der Waals surface area contributed by atoms with Gasteiger partial charge in [-0.3, -0.25) is 19.5 Å². The summed E-state index contributed by atoms with van der Waals surface area (Å²) in [6.07, 6.45) is 2.02. The number of nitrogens with one attached hydrogen (secondary N) is 3. The van der Waals surface area contributed by atoms with Gasteiger partial charge >= 0.3 is 0 Å². The summed E-state index contributed by atoms with van der Waals surface area (Å²) >= 11 is 0. The van der Waals surface area contributed by atoms with Crippen LogP contribution in [0.25, 0.3) is 22.5 Å². The predicted octanol–water partition coefficient (Wildman–Crippen LogP) is 3.97. The molecule has 0 aliphatic rings. The first-order valence-corrected chi connectivity index (χ1v) is 13.8. The van der Waals surface area contributed by atoms with Crippen LogP contribution in [0.1, 0.15) is 47.1 Å². The van der Waals surface area contributed by atoms with E-state index in [4.69, 9.17) is 5.21 Å². The summed E-state index contributed by atoms with van der Waals surface area (Å²) in [6.45, 7) is 2.58. The Morgan fingerprint density at radius 3 is 2.38 bits per heavy atom. The second-order valence-corrected chi connectivity index (χ2v) is 10.0. The molecule has 0 saturated carbocycles. The number of aromatic nitrogens is 6. The van der Waals surface area contributed by atoms with E-state index in [0.29, 0.717) is 18.8 Å². The predicted molar refractivity (Wildman–Crippen MR) is 156 cm³/mol. The molecule has 1 atom stereocenters. The van der Waals surface area contributed by atoms with E-state index in [2.05, 4.69) is 38.0 Å². The van der Waals surface area contributed by atoms with Crippen molar-refractivity contribution in [2.45, 2.75) is 45.2 Å². The van der Waals surface area contributed by atoms with Crippen molar-refractivity contribution in [2.24, 2.45) is 0 Å². The van der Waals surface area contributed by atoms with E-state index in [1.807, 2.05) is 83.5 Å². The molecule has 0 unspecified atom stereocenters. The highest BCUT2D eigenvalue weighted by atomic mass is 16.5. The lowest BCUT2D eigenvalue weighted by Crippen LogP contribution is -2.40. The highest BCUT2D eigenvalue weighted by Crippen LogP contribution is 2.30. The molecular formula is C31H32N8O3. The fraction of sp³-hybridized carbons (Fsp3) is 0.226. The minimum Gasteiger partial charge on any atom is -0.347 e. The first kappa shape index (κ1) is 28.4. The number of aromatic amines is 1. The number of hydrogen-bond acceptors (Lipinski definition) is 7. The van der Waals surface area contributed by atoms with Crippen LogP contribution in [0.4, 0.5) is 0 Å². The highest BCUT2D eigenvalue weighted by molar-refractivity contribution is 5.93. The zero-order valence-corrected chi connectivity index (χ0v) is 23.2. The van der Waals surface area contributed by atoms with Crippen molar-refractivity contribution >= 4 is 11.8 Å². The van der Waals surface area contributed by atoms with Gasteiger partial charge in [-0.1, -0.05) is 92.2 Å². The summed E-state index contributed by atoms with van der Waals surface area (Å²) in [7, 11) is 0. The molecule has 0 radical (unpaired) electrons. The number of aryl methyl sites for hydroxylation is 1. The summed E-state index contributed by atoms with van der Waals surface area (Å²) in [5.41, 5.74) is 7.78. The van der Waals surface area contributed by atoms with Gasteiger partial charge in [-0.15, -0.1) is 10.2 Å². The van der Waals surface area contributed by atoms with Crippen molar-refractivity contribution in [1.82, 2.24) is 41.2 Å². The average molecular weight is 565 g/mol. The molecule has 5 rings (SSSR count). The van der Waals surface area contributed by atoms with Gasteiger partial charge in [-0.25, -0.2) is 5.48 Å². The average Bonchev–Trinajstić information content (AvgIpc) is 3.69. The maximum atomic E-state index is 13.3. The van der Waals surface area contributed by atoms with Crippen molar-refractivity contribution < 1.29 is 14.8 Å². The lowest BCUT2D eigenvalue weighted by Gasteiger charge is -2.17. The highest BCUT2D eigenvalue weighted by Gasteiger charge is 2.21. The fourth-order valence-electron chi connectivity index (χ4n) is 4.93. The zero-order valence-electron chi connectivity index (χ0n) is 23.2. The van der Waals surface area contributed by atoms with Crippen LogP contribution in [0.5, 0.6) is 0 Å². The lowest BCUT2D eigenvalue weighted by molar-refractivity contribution is -0.129. The Hall–Kier alpha value is -5.16. The maximum absolute atomic E-state index is 13.3. The molecule has 0 fully saturated rings. The fourth-order valence-corrected chi connectivity index (χ4v) is 4.93. The monoisotopic (exact) mass is 564 g/mol. The van der Waals surface area contributed by atoms with Crippen molar-refractivity contribution in [3.63, 3.8) is 0 Å². The normalized spacial score (nSPS) is 11.7. The van der Waals surface area contributed by atoms with E-state index >= 15 is 0 Å². The van der Waals surface area contributed by atoms with Gasteiger partial charge in [0.05, 0.1) is 6.54 Å². The lowest BCUT2D eigenvalue weighted by atomic mass is 9.98. The topological polar surface area (TPSA) is 151 Å². The van der Waals surface area contributed by atoms with E-state index in [-0.39, 0.29) is 18.0 Å². The van der Waals surface area contributed by atoms with Crippen LogP contribution in [0.2, 0.25) is 0 Å². The molecular weight excluding hydrogens is 532 g/mol. The van der Waals surface area contributed by atoms with Crippen molar-refractivity contribution in [3.8, 4) is 22.5 Å². The number of nitrogens with zero attached hydrogens (tertiary/aromatic N) is 5. The molecule has 5 aromatic rings. The van der Waals surface area contributed by atoms with Crippen LogP contribution in [0, 0.1) is 0 Å². The summed E-state index contributed by atoms with van der Waals surface area (Å²) in [6, 6.07) is 26.9. The third-order valence-corrected chi connectivity index (χ3v) is 6.93. The molecule has 4 N–H and O–H groups in total. The standard InChI is InChI=1S/C31H32N8O3/c1-2-8-25-19-28(31(41)32-24(18-29(40)36-42)17-21-9-4-3-5-10-21)35-39(25)20-22-13-15-23(16-14-22)26-11-6-7-12-27(26)30-33-37-38-34-30/h3-7,9-16,19,24,42H,2,8,17-18,20H2,1H3,(H,32,41)(H,36,40)(H,33,34,37,38)/t24-/m1/s1. The number of hydroxylamine groups is 1. The molecule has 0 aliphatic heterocycles. The van der Waals surface area contributed by atoms with Gasteiger partial charge in [0.25, 0.3) is 5.91 Å². The molecule has 2 aromatic heterocycles. The number of benzene rings is 3. The quantitative estimate of drug-likeness (QED) is 0.132. The zero-order chi connectivity index (χ0) is 29.3. The second-order valence-electron chi connectivity index (χ2n) is 10.0. The van der Waals surface area contributed by atoms with Crippen molar-refractivity contribution in [1.29, 1.82) is 0 Å². The van der Waals surface area contributed by atoms with E-state index < -0.39 is 11.9 Å². The van der Waals surface area contributed by atoms with Crippen molar-refractivity contribution in [2.75, 3.05) is 0 Å². The molecule has 11 heteroatoms. The Kier molecular flexibility index (Phi) is 9.10. The summed E-state index contributed by atoms with van der Waals surface area (Å²) in [5.74, 6) is -0.410. The van der Waals surface area contributed by atoms with E-state index in [1.54, 1.807) is 11.5 Å². The molecule has 42 heavy (non-hydrogen) atoms. The summed E-state index contributed by atoms with van der Waals surface area (Å²) < 4.78 is 1.85. The number of amides is 2. The van der Waals surface area contributed by atoms with Crippen LogP contribution in [0.3, 0.4) is 0 Å². The molecule has 0 saturated heterocycles. The molecule has 2 heterocycles. The Morgan fingerprint density at radius 2 is 1.69 bits per heavy atom. The van der Waals surface area contributed by atoms with Gasteiger partial charge in [-0.2, -0.15) is 10.3 Å². The van der Waals surface area contributed by atoms with E-state index in [0.717, 1.165) is 46.4 Å². The Labute approximate surface area is 242 Å². The Morgan fingerprint density at radius 1 is 0.952 bits per heavy atom. The number of carbonyl (C=O) groups is 2. The molecule has 11 nitrogen and oxygen atoms in total. The molecule has 0 aliphatic carbocycles. The van der Waals surface area contributed by atoms with Crippen LogP contribution in [-0.2, 0) is 24.2 Å². The van der Waals surface area contributed by atoms with E-state index in [1.165, 1.54) is 0 Å². The Balaban J connectivity index is 1.33. The van der Waals surface area contributed by atoms with Gasteiger partial charge in [0.15, 0.2) is 0 Å². The second kappa shape index (κ2) is 13.5. The number of carbonyl (C=O) groups excluding carboxylic acids is 2. The third-order valence-electron chi connectivity index (χ3n) is 6.93. The van der Waals surface area contributed by atoms with Crippen molar-refractivity contribution in [3.05, 3.63) is 107 Å². The third kappa shape index (κ3) is 6.94. The first-order valence-electron chi connectivity index (χ1n) is 13.8. The van der Waals surface area contributed by atoms with Gasteiger partial charge < -0.3 is 5.32 Å². The molecule has 0 bridgehead atoms. The number of rotatable bonds is 12. The number of H-pyrrole nitrogens is 1. The smallest absolute Gasteiger partial charge is 0.272 e. The summed E-state index contributed by atoms with van der Waals surface area (Å²) in [5, 5.41) is 31.0. The molecule has 0 spiro atoms.